The number of nitriles is 1. The molecule has 47 heavy (non-hydrogen) atoms. The summed E-state index contributed by atoms with van der Waals surface area (Å²) in [6.07, 6.45) is 1.70. The maximum atomic E-state index is 9.22. The molecule has 232 valence electrons. The topological polar surface area (TPSA) is 103 Å². The van der Waals surface area contributed by atoms with Crippen LogP contribution in [0.4, 0.5) is 17.6 Å². The second-order valence-electron chi connectivity index (χ2n) is 11.0. The van der Waals surface area contributed by atoms with E-state index in [1.54, 1.807) is 24.4 Å². The molecule has 0 aliphatic carbocycles. The van der Waals surface area contributed by atoms with Gasteiger partial charge in [0.05, 0.1) is 23.2 Å². The van der Waals surface area contributed by atoms with Crippen LogP contribution in [0.5, 0.6) is 11.8 Å². The number of piperazine rings is 1. The summed E-state index contributed by atoms with van der Waals surface area (Å²) in [5, 5.41) is 14.0. The zero-order chi connectivity index (χ0) is 32.2. The third kappa shape index (κ3) is 7.03. The van der Waals surface area contributed by atoms with E-state index in [-0.39, 0.29) is 12.1 Å². The van der Waals surface area contributed by atoms with Gasteiger partial charge in [-0.05, 0) is 71.8 Å². The Balaban J connectivity index is 1.18. The Labute approximate surface area is 285 Å². The molecule has 4 aromatic carbocycles. The first-order valence-electron chi connectivity index (χ1n) is 15.1. The maximum Gasteiger partial charge on any atom is 0.328 e. The zero-order valence-electron chi connectivity index (χ0n) is 25.1. The number of aromatic nitrogens is 4. The van der Waals surface area contributed by atoms with Crippen LogP contribution < -0.4 is 15.0 Å². The number of halogens is 2. The highest BCUT2D eigenvalue weighted by molar-refractivity contribution is 9.10. The van der Waals surface area contributed by atoms with Gasteiger partial charge >= 0.3 is 6.01 Å². The molecule has 1 saturated heterocycles. The van der Waals surface area contributed by atoms with Crippen LogP contribution in [0.2, 0.25) is 5.02 Å². The summed E-state index contributed by atoms with van der Waals surface area (Å²) < 4.78 is 7.23. The van der Waals surface area contributed by atoms with Gasteiger partial charge in [0.2, 0.25) is 11.9 Å². The van der Waals surface area contributed by atoms with Crippen molar-refractivity contribution in [2.75, 3.05) is 36.4 Å². The third-order valence-electron chi connectivity index (χ3n) is 8.00. The van der Waals surface area contributed by atoms with Gasteiger partial charge in [0.1, 0.15) is 5.75 Å². The van der Waals surface area contributed by atoms with Crippen molar-refractivity contribution in [3.8, 4) is 17.8 Å². The van der Waals surface area contributed by atoms with Crippen LogP contribution in [-0.2, 0) is 0 Å². The minimum Gasteiger partial charge on any atom is -0.423 e. The normalized spacial score (nSPS) is 14.0. The Morgan fingerprint density at radius 1 is 0.830 bits per heavy atom. The van der Waals surface area contributed by atoms with Crippen LogP contribution in [-0.4, -0.2) is 51.0 Å². The lowest BCUT2D eigenvalue weighted by molar-refractivity contribution is 0.211. The van der Waals surface area contributed by atoms with Crippen LogP contribution in [0.25, 0.3) is 10.9 Å². The summed E-state index contributed by atoms with van der Waals surface area (Å²) in [4.78, 5) is 23.3. The van der Waals surface area contributed by atoms with Crippen LogP contribution >= 0.6 is 27.5 Å². The fourth-order valence-electron chi connectivity index (χ4n) is 5.70. The lowest BCUT2D eigenvalue weighted by Gasteiger charge is -2.39. The van der Waals surface area contributed by atoms with Gasteiger partial charge in [-0.15, -0.1) is 0 Å². The number of rotatable bonds is 8. The number of hydrogen-bond donors (Lipinski definition) is 1. The average Bonchev–Trinajstić information content (AvgIpc) is 3.10. The molecule has 7 rings (SSSR count). The highest BCUT2D eigenvalue weighted by Gasteiger charge is 2.28. The molecular weight excluding hydrogens is 676 g/mol. The maximum absolute atomic E-state index is 9.22. The van der Waals surface area contributed by atoms with Crippen molar-refractivity contribution < 1.29 is 4.74 Å². The first-order chi connectivity index (χ1) is 23.0. The highest BCUT2D eigenvalue weighted by Crippen LogP contribution is 2.33. The Bertz CT molecular complexity index is 2050. The number of nitrogens with one attached hydrogen (secondary N) is 1. The lowest BCUT2D eigenvalue weighted by Crippen LogP contribution is -2.48. The highest BCUT2D eigenvalue weighted by atomic mass is 79.9. The van der Waals surface area contributed by atoms with Gasteiger partial charge in [-0.25, -0.2) is 0 Å². The molecule has 1 aliphatic heterocycles. The molecule has 2 aromatic heterocycles. The van der Waals surface area contributed by atoms with Crippen LogP contribution in [0.1, 0.15) is 22.7 Å². The lowest BCUT2D eigenvalue weighted by atomic mass is 9.96. The molecule has 0 unspecified atom stereocenters. The van der Waals surface area contributed by atoms with E-state index in [1.807, 2.05) is 48.5 Å². The number of benzene rings is 4. The van der Waals surface area contributed by atoms with Crippen molar-refractivity contribution in [1.29, 1.82) is 5.26 Å². The molecule has 0 radical (unpaired) electrons. The standard InChI is InChI=1S/C36H28BrClN8O/c37-27-10-15-31-30(22-27)32(16-17-40-31)47-36-43-34(41-29-13-6-24(23-39)7-14-29)42-35(44-36)46-20-18-45(19-21-46)33(25-4-2-1-3-5-25)26-8-11-28(38)12-9-26/h1-17,22,33H,18-21H2,(H,41,42,43,44)/t33-/m1/s1. The van der Waals surface area contributed by atoms with Crippen molar-refractivity contribution in [1.82, 2.24) is 24.8 Å². The fraction of sp³-hybridized carbons (Fsp3) is 0.139. The fourth-order valence-corrected chi connectivity index (χ4v) is 6.19. The number of pyridine rings is 1. The minimum atomic E-state index is 0.0841. The predicted octanol–water partition coefficient (Wildman–Crippen LogP) is 8.15. The van der Waals surface area contributed by atoms with E-state index < -0.39 is 0 Å². The molecule has 1 aliphatic rings. The molecule has 1 N–H and O–H groups in total. The van der Waals surface area contributed by atoms with Gasteiger partial charge in [-0.1, -0.05) is 70.0 Å². The first kappa shape index (κ1) is 30.6. The quantitative estimate of drug-likeness (QED) is 0.168. The summed E-state index contributed by atoms with van der Waals surface area (Å²) in [6.45, 7) is 2.96. The molecule has 0 bridgehead atoms. The smallest absolute Gasteiger partial charge is 0.328 e. The van der Waals surface area contributed by atoms with Crippen molar-refractivity contribution in [3.05, 3.63) is 136 Å². The van der Waals surface area contributed by atoms with E-state index in [1.165, 1.54) is 11.1 Å². The molecule has 1 atom stereocenters. The minimum absolute atomic E-state index is 0.0841. The van der Waals surface area contributed by atoms with Gasteiger partial charge in [0.25, 0.3) is 0 Å². The van der Waals surface area contributed by atoms with Crippen LogP contribution in [0.3, 0.4) is 0 Å². The van der Waals surface area contributed by atoms with Crippen molar-refractivity contribution in [2.45, 2.75) is 6.04 Å². The molecule has 3 heterocycles. The summed E-state index contributed by atoms with van der Waals surface area (Å²) in [5.74, 6) is 1.42. The molecule has 6 aromatic rings. The summed E-state index contributed by atoms with van der Waals surface area (Å²) >= 11 is 9.79. The first-order valence-corrected chi connectivity index (χ1v) is 16.2. The van der Waals surface area contributed by atoms with Crippen molar-refractivity contribution in [2.24, 2.45) is 0 Å². The number of ether oxygens (including phenoxy) is 1. The second-order valence-corrected chi connectivity index (χ2v) is 12.4. The largest absolute Gasteiger partial charge is 0.423 e. The van der Waals surface area contributed by atoms with E-state index in [4.69, 9.17) is 26.3 Å². The number of hydrogen-bond acceptors (Lipinski definition) is 9. The molecule has 0 amide bonds. The number of anilines is 3. The number of nitrogens with zero attached hydrogens (tertiary/aromatic N) is 7. The second kappa shape index (κ2) is 13.7. The molecule has 0 saturated carbocycles. The van der Waals surface area contributed by atoms with Gasteiger partial charge in [0.15, 0.2) is 0 Å². The average molecular weight is 704 g/mol. The third-order valence-corrected chi connectivity index (χ3v) is 8.75. The Hall–Kier alpha value is -5.08. The van der Waals surface area contributed by atoms with Crippen molar-refractivity contribution in [3.63, 3.8) is 0 Å². The van der Waals surface area contributed by atoms with Gasteiger partial charge < -0.3 is 15.0 Å². The molecule has 0 spiro atoms. The SMILES string of the molecule is N#Cc1ccc(Nc2nc(Oc3ccnc4ccc(Br)cc34)nc(N3CCN([C@H](c4ccccc4)c4ccc(Cl)cc4)CC3)n2)cc1. The van der Waals surface area contributed by atoms with E-state index in [9.17, 15) is 5.26 Å². The van der Waals surface area contributed by atoms with Gasteiger partial charge in [-0.3, -0.25) is 9.88 Å². The summed E-state index contributed by atoms with van der Waals surface area (Å²) in [6, 6.07) is 35.8. The van der Waals surface area contributed by atoms with E-state index >= 15 is 0 Å². The number of fused-ring (bicyclic) bond motifs is 1. The Morgan fingerprint density at radius 2 is 1.57 bits per heavy atom. The Kier molecular flexibility index (Phi) is 8.93. The van der Waals surface area contributed by atoms with Gasteiger partial charge in [-0.2, -0.15) is 20.2 Å². The monoisotopic (exact) mass is 702 g/mol. The van der Waals surface area contributed by atoms with Crippen LogP contribution in [0, 0.1) is 11.3 Å². The van der Waals surface area contributed by atoms with E-state index in [2.05, 4.69) is 83.5 Å². The molecule has 11 heteroatoms. The summed E-state index contributed by atoms with van der Waals surface area (Å²) in [7, 11) is 0. The van der Waals surface area contributed by atoms with E-state index in [0.29, 0.717) is 36.3 Å². The van der Waals surface area contributed by atoms with E-state index in [0.717, 1.165) is 39.2 Å². The molecule has 1 fully saturated rings. The summed E-state index contributed by atoms with van der Waals surface area (Å²) in [5.41, 5.74) is 4.51. The molecular formula is C36H28BrClN8O. The van der Waals surface area contributed by atoms with Crippen molar-refractivity contribution >= 4 is 56.0 Å². The zero-order valence-corrected chi connectivity index (χ0v) is 27.4. The van der Waals surface area contributed by atoms with Gasteiger partial charge in [0, 0.05) is 52.9 Å². The Morgan fingerprint density at radius 3 is 2.32 bits per heavy atom. The predicted molar refractivity (Wildman–Crippen MR) is 187 cm³/mol. The molecule has 9 nitrogen and oxygen atoms in total. The van der Waals surface area contributed by atoms with Crippen LogP contribution in [0.15, 0.2) is 114 Å².